The number of carbonyl (C=O) groups is 1. The second-order valence-electron chi connectivity index (χ2n) is 3.76. The highest BCUT2D eigenvalue weighted by Crippen LogP contribution is 2.15. The lowest BCUT2D eigenvalue weighted by Gasteiger charge is -2.26. The van der Waals surface area contributed by atoms with Gasteiger partial charge in [0.1, 0.15) is 10.7 Å². The van der Waals surface area contributed by atoms with E-state index in [2.05, 4.69) is 18.2 Å². The molecule has 4 nitrogen and oxygen atoms in total. The van der Waals surface area contributed by atoms with Crippen LogP contribution in [0.3, 0.4) is 0 Å². The quantitative estimate of drug-likeness (QED) is 0.859. The van der Waals surface area contributed by atoms with Gasteiger partial charge in [0, 0.05) is 30.8 Å². The first kappa shape index (κ1) is 14.5. The molecule has 0 aliphatic rings. The standard InChI is InChI=1S/C11H19N3OS2/c1-4-8(6-16-3)14(2)11(15)9-7-17-10(5-12)13-9/h7-8H,4-6,12H2,1-3H3. The van der Waals surface area contributed by atoms with E-state index >= 15 is 0 Å². The molecule has 1 aromatic rings. The maximum absolute atomic E-state index is 12.2. The monoisotopic (exact) mass is 273 g/mol. The van der Waals surface area contributed by atoms with Gasteiger partial charge in [-0.2, -0.15) is 11.8 Å². The zero-order valence-corrected chi connectivity index (χ0v) is 12.1. The summed E-state index contributed by atoms with van der Waals surface area (Å²) >= 11 is 3.19. The minimum Gasteiger partial charge on any atom is -0.337 e. The SMILES string of the molecule is CCC(CSC)N(C)C(=O)c1csc(CN)n1. The molecular formula is C11H19N3OS2. The molecule has 0 aromatic carbocycles. The van der Waals surface area contributed by atoms with Crippen LogP contribution in [0.1, 0.15) is 28.8 Å². The third kappa shape index (κ3) is 3.69. The van der Waals surface area contributed by atoms with Crippen molar-refractivity contribution in [2.75, 3.05) is 19.1 Å². The van der Waals surface area contributed by atoms with Crippen molar-refractivity contribution in [1.82, 2.24) is 9.88 Å². The molecule has 0 radical (unpaired) electrons. The lowest BCUT2D eigenvalue weighted by Crippen LogP contribution is -2.38. The zero-order valence-electron chi connectivity index (χ0n) is 10.5. The minimum absolute atomic E-state index is 0.0122. The Hall–Kier alpha value is -0.590. The number of nitrogens with zero attached hydrogens (tertiary/aromatic N) is 2. The molecule has 0 aliphatic carbocycles. The van der Waals surface area contributed by atoms with Crippen LogP contribution < -0.4 is 5.73 Å². The Kier molecular flexibility index (Phi) is 5.94. The third-order valence-electron chi connectivity index (χ3n) is 2.64. The predicted octanol–water partition coefficient (Wildman–Crippen LogP) is 1.82. The van der Waals surface area contributed by atoms with E-state index in [0.29, 0.717) is 12.2 Å². The van der Waals surface area contributed by atoms with Gasteiger partial charge in [0.15, 0.2) is 0 Å². The summed E-state index contributed by atoms with van der Waals surface area (Å²) in [5.74, 6) is 0.939. The molecule has 0 spiro atoms. The molecule has 96 valence electrons. The summed E-state index contributed by atoms with van der Waals surface area (Å²) in [5, 5.41) is 2.59. The van der Waals surface area contributed by atoms with E-state index in [-0.39, 0.29) is 11.9 Å². The number of aromatic nitrogens is 1. The highest BCUT2D eigenvalue weighted by molar-refractivity contribution is 7.98. The van der Waals surface area contributed by atoms with Gasteiger partial charge in [-0.1, -0.05) is 6.92 Å². The minimum atomic E-state index is -0.0122. The number of thioether (sulfide) groups is 1. The summed E-state index contributed by atoms with van der Waals surface area (Å²) in [7, 11) is 1.84. The van der Waals surface area contributed by atoms with Crippen LogP contribution in [0.15, 0.2) is 5.38 Å². The summed E-state index contributed by atoms with van der Waals surface area (Å²) < 4.78 is 0. The molecule has 1 rings (SSSR count). The number of carbonyl (C=O) groups excluding carboxylic acids is 1. The topological polar surface area (TPSA) is 59.2 Å². The molecule has 1 atom stereocenters. The van der Waals surface area contributed by atoms with Gasteiger partial charge in [0.25, 0.3) is 5.91 Å². The van der Waals surface area contributed by atoms with Crippen molar-refractivity contribution in [3.05, 3.63) is 16.1 Å². The number of amides is 1. The summed E-state index contributed by atoms with van der Waals surface area (Å²) in [6.45, 7) is 2.49. The van der Waals surface area contributed by atoms with Gasteiger partial charge >= 0.3 is 0 Å². The van der Waals surface area contributed by atoms with Gasteiger partial charge in [-0.3, -0.25) is 4.79 Å². The molecule has 1 amide bonds. The zero-order chi connectivity index (χ0) is 12.8. The lowest BCUT2D eigenvalue weighted by atomic mass is 10.2. The molecule has 6 heteroatoms. The summed E-state index contributed by atoms with van der Waals surface area (Å²) in [4.78, 5) is 18.2. The Labute approximate surface area is 111 Å². The molecule has 17 heavy (non-hydrogen) atoms. The number of thiazole rings is 1. The predicted molar refractivity (Wildman–Crippen MR) is 74.6 cm³/mol. The van der Waals surface area contributed by atoms with E-state index in [0.717, 1.165) is 17.2 Å². The second-order valence-corrected chi connectivity index (χ2v) is 5.62. The molecule has 0 bridgehead atoms. The highest BCUT2D eigenvalue weighted by Gasteiger charge is 2.21. The van der Waals surface area contributed by atoms with E-state index in [4.69, 9.17) is 5.73 Å². The van der Waals surface area contributed by atoms with Crippen molar-refractivity contribution in [3.8, 4) is 0 Å². The molecule has 1 unspecified atom stereocenters. The van der Waals surface area contributed by atoms with Crippen LogP contribution in [0.5, 0.6) is 0 Å². The Morgan fingerprint density at radius 3 is 2.88 bits per heavy atom. The average molecular weight is 273 g/mol. The Bertz CT molecular complexity index is 367. The van der Waals surface area contributed by atoms with E-state index in [1.165, 1.54) is 11.3 Å². The van der Waals surface area contributed by atoms with E-state index in [9.17, 15) is 4.79 Å². The number of hydrogen-bond acceptors (Lipinski definition) is 5. The van der Waals surface area contributed by atoms with Gasteiger partial charge in [0.05, 0.1) is 0 Å². The average Bonchev–Trinajstić information content (AvgIpc) is 2.82. The van der Waals surface area contributed by atoms with Crippen molar-refractivity contribution in [1.29, 1.82) is 0 Å². The van der Waals surface area contributed by atoms with Crippen LogP contribution in [-0.2, 0) is 6.54 Å². The fourth-order valence-corrected chi connectivity index (χ4v) is 3.04. The molecule has 0 aliphatic heterocycles. The highest BCUT2D eigenvalue weighted by atomic mass is 32.2. The van der Waals surface area contributed by atoms with Crippen molar-refractivity contribution < 1.29 is 4.79 Å². The first-order chi connectivity index (χ1) is 8.13. The maximum Gasteiger partial charge on any atom is 0.273 e. The Balaban J connectivity index is 2.74. The van der Waals surface area contributed by atoms with E-state index < -0.39 is 0 Å². The van der Waals surface area contributed by atoms with Crippen LogP contribution in [0.2, 0.25) is 0 Å². The van der Waals surface area contributed by atoms with Gasteiger partial charge in [0.2, 0.25) is 0 Å². The Morgan fingerprint density at radius 2 is 2.41 bits per heavy atom. The Morgan fingerprint density at radius 1 is 1.71 bits per heavy atom. The maximum atomic E-state index is 12.2. The fourth-order valence-electron chi connectivity index (χ4n) is 1.55. The molecule has 1 aromatic heterocycles. The molecule has 0 fully saturated rings. The fraction of sp³-hybridized carbons (Fsp3) is 0.636. The first-order valence-electron chi connectivity index (χ1n) is 5.54. The number of hydrogen-bond donors (Lipinski definition) is 1. The van der Waals surface area contributed by atoms with Crippen molar-refractivity contribution in [2.45, 2.75) is 25.9 Å². The van der Waals surface area contributed by atoms with Crippen molar-refractivity contribution >= 4 is 29.0 Å². The normalized spacial score (nSPS) is 12.5. The third-order valence-corrected chi connectivity index (χ3v) is 4.23. The molecule has 0 saturated heterocycles. The second kappa shape index (κ2) is 6.98. The molecule has 1 heterocycles. The first-order valence-corrected chi connectivity index (χ1v) is 7.81. The van der Waals surface area contributed by atoms with Crippen LogP contribution in [-0.4, -0.2) is 40.9 Å². The number of nitrogens with two attached hydrogens (primary N) is 1. The molecular weight excluding hydrogens is 254 g/mol. The van der Waals surface area contributed by atoms with Crippen LogP contribution in [0, 0.1) is 0 Å². The van der Waals surface area contributed by atoms with E-state index in [1.807, 2.05) is 7.05 Å². The van der Waals surface area contributed by atoms with Crippen LogP contribution in [0.4, 0.5) is 0 Å². The molecule has 0 saturated carbocycles. The van der Waals surface area contributed by atoms with Crippen molar-refractivity contribution in [3.63, 3.8) is 0 Å². The van der Waals surface area contributed by atoms with Crippen LogP contribution in [0.25, 0.3) is 0 Å². The van der Waals surface area contributed by atoms with Gasteiger partial charge < -0.3 is 10.6 Å². The van der Waals surface area contributed by atoms with Crippen molar-refractivity contribution in [2.24, 2.45) is 5.73 Å². The number of rotatable bonds is 6. The van der Waals surface area contributed by atoms with Gasteiger partial charge in [-0.15, -0.1) is 11.3 Å². The summed E-state index contributed by atoms with van der Waals surface area (Å²) in [6, 6.07) is 0.264. The largest absolute Gasteiger partial charge is 0.337 e. The van der Waals surface area contributed by atoms with Gasteiger partial charge in [-0.25, -0.2) is 4.98 Å². The summed E-state index contributed by atoms with van der Waals surface area (Å²) in [5.41, 5.74) is 6.00. The van der Waals surface area contributed by atoms with Gasteiger partial charge in [-0.05, 0) is 12.7 Å². The molecule has 2 N–H and O–H groups in total. The lowest BCUT2D eigenvalue weighted by molar-refractivity contribution is 0.0738. The smallest absolute Gasteiger partial charge is 0.273 e. The summed E-state index contributed by atoms with van der Waals surface area (Å²) in [6.07, 6.45) is 3.01. The van der Waals surface area contributed by atoms with E-state index in [1.54, 1.807) is 22.0 Å². The van der Waals surface area contributed by atoms with Crippen LogP contribution >= 0.6 is 23.1 Å².